The first kappa shape index (κ1) is 22.2. The molecule has 1 atom stereocenters. The number of benzene rings is 3. The molecule has 0 spiro atoms. The van der Waals surface area contributed by atoms with Crippen LogP contribution in [0.4, 0.5) is 0 Å². The molecule has 0 heterocycles. The van der Waals surface area contributed by atoms with Gasteiger partial charge in [0.1, 0.15) is 11.5 Å². The Bertz CT molecular complexity index is 1150. The third-order valence-electron chi connectivity index (χ3n) is 7.43. The molecular weight excluding hydrogens is 408 g/mol. The molecule has 3 aromatic rings. The van der Waals surface area contributed by atoms with Crippen molar-refractivity contribution < 1.29 is 9.47 Å². The summed E-state index contributed by atoms with van der Waals surface area (Å²) in [6.45, 7) is 9.24. The van der Waals surface area contributed by atoms with Crippen LogP contribution in [0.1, 0.15) is 27.7 Å². The summed E-state index contributed by atoms with van der Waals surface area (Å²) in [7, 11) is 0.835. The van der Waals surface area contributed by atoms with Gasteiger partial charge < -0.3 is 9.47 Å². The van der Waals surface area contributed by atoms with Crippen molar-refractivity contribution in [3.05, 3.63) is 102 Å². The molecule has 0 saturated heterocycles. The zero-order valence-corrected chi connectivity index (χ0v) is 20.9. The second-order valence-electron chi connectivity index (χ2n) is 8.86. The molecule has 1 aliphatic carbocycles. The van der Waals surface area contributed by atoms with E-state index in [9.17, 15) is 0 Å². The van der Waals surface area contributed by atoms with E-state index in [1.807, 2.05) is 12.1 Å². The van der Waals surface area contributed by atoms with E-state index in [1.165, 1.54) is 32.3 Å². The predicted octanol–water partition coefficient (Wildman–Crippen LogP) is 5.23. The van der Waals surface area contributed by atoms with Gasteiger partial charge in [0.15, 0.2) is 8.07 Å². The van der Waals surface area contributed by atoms with Gasteiger partial charge >= 0.3 is 0 Å². The molecule has 32 heavy (non-hydrogen) atoms. The van der Waals surface area contributed by atoms with Gasteiger partial charge in [-0.1, -0.05) is 78.7 Å². The van der Waals surface area contributed by atoms with Gasteiger partial charge in [-0.15, -0.1) is 0 Å². The van der Waals surface area contributed by atoms with Crippen molar-refractivity contribution in [1.82, 2.24) is 0 Å². The van der Waals surface area contributed by atoms with Gasteiger partial charge in [0, 0.05) is 5.04 Å². The third kappa shape index (κ3) is 3.23. The Morgan fingerprint density at radius 2 is 1.16 bits per heavy atom. The van der Waals surface area contributed by atoms with Crippen molar-refractivity contribution in [3.63, 3.8) is 0 Å². The summed E-state index contributed by atoms with van der Waals surface area (Å²) in [5.41, 5.74) is 4.20. The summed E-state index contributed by atoms with van der Waals surface area (Å²) in [6, 6.07) is 28.4. The maximum absolute atomic E-state index is 5.70. The van der Waals surface area contributed by atoms with Gasteiger partial charge in [0.05, 0.1) is 14.2 Å². The van der Waals surface area contributed by atoms with Crippen LogP contribution in [0.15, 0.2) is 102 Å². The molecule has 0 aliphatic heterocycles. The normalized spacial score (nSPS) is 18.5. The van der Waals surface area contributed by atoms with E-state index in [4.69, 9.17) is 9.47 Å². The molecule has 0 radical (unpaired) electrons. The fourth-order valence-electron chi connectivity index (χ4n) is 5.52. The van der Waals surface area contributed by atoms with E-state index in [2.05, 4.69) is 101 Å². The summed E-state index contributed by atoms with van der Waals surface area (Å²) in [6.07, 6.45) is 2.51. The van der Waals surface area contributed by atoms with Crippen LogP contribution in [-0.4, -0.2) is 22.3 Å². The van der Waals surface area contributed by atoms with Gasteiger partial charge in [-0.3, -0.25) is 0 Å². The minimum Gasteiger partial charge on any atom is -0.497 e. The number of allylic oxidation sites excluding steroid dienone is 4. The van der Waals surface area contributed by atoms with E-state index in [-0.39, 0.29) is 5.04 Å². The lowest BCUT2D eigenvalue weighted by atomic mass is 10.0. The second-order valence-corrected chi connectivity index (χ2v) is 13.1. The van der Waals surface area contributed by atoms with Crippen molar-refractivity contribution >= 4 is 23.6 Å². The SMILES string of the molecule is COc1cccc([Si](c2ccccc2)(c2cccc(OC)c2)C2(C)C=C(C)C(C)=C2C)c1. The van der Waals surface area contributed by atoms with E-state index in [0.717, 1.165) is 11.5 Å². The molecule has 0 aromatic heterocycles. The smallest absolute Gasteiger partial charge is 0.162 e. The first-order valence-electron chi connectivity index (χ1n) is 11.1. The van der Waals surface area contributed by atoms with Crippen LogP contribution < -0.4 is 25.0 Å². The molecule has 2 nitrogen and oxygen atoms in total. The first-order valence-corrected chi connectivity index (χ1v) is 13.1. The third-order valence-corrected chi connectivity index (χ3v) is 13.1. The number of hydrogen-bond donors (Lipinski definition) is 0. The van der Waals surface area contributed by atoms with Crippen LogP contribution in [-0.2, 0) is 0 Å². The van der Waals surface area contributed by atoms with Crippen molar-refractivity contribution in [3.8, 4) is 11.5 Å². The van der Waals surface area contributed by atoms with Gasteiger partial charge in [0.25, 0.3) is 0 Å². The van der Waals surface area contributed by atoms with Gasteiger partial charge in [-0.2, -0.15) is 0 Å². The summed E-state index contributed by atoms with van der Waals surface area (Å²) < 4.78 is 11.4. The van der Waals surface area contributed by atoms with E-state index in [0.29, 0.717) is 0 Å². The number of rotatable bonds is 6. The average Bonchev–Trinajstić information content (AvgIpc) is 3.03. The maximum Gasteiger partial charge on any atom is 0.162 e. The standard InChI is InChI=1S/C29H32O2Si/c1-21-20-29(4,23(3)22(21)2)32(26-14-8-7-9-15-26,27-16-10-12-24(18-27)30-5)28-17-11-13-25(19-28)31-6/h7-20H,1-6H3. The zero-order valence-electron chi connectivity index (χ0n) is 19.9. The molecule has 0 amide bonds. The van der Waals surface area contributed by atoms with Crippen molar-refractivity contribution in [2.24, 2.45) is 0 Å². The van der Waals surface area contributed by atoms with Crippen LogP contribution >= 0.6 is 0 Å². The molecule has 0 saturated carbocycles. The Morgan fingerprint density at radius 1 is 0.656 bits per heavy atom. The van der Waals surface area contributed by atoms with Crippen molar-refractivity contribution in [2.75, 3.05) is 14.2 Å². The molecule has 3 heteroatoms. The van der Waals surface area contributed by atoms with Gasteiger partial charge in [0.2, 0.25) is 0 Å². The van der Waals surface area contributed by atoms with Crippen LogP contribution in [0, 0.1) is 0 Å². The van der Waals surface area contributed by atoms with E-state index in [1.54, 1.807) is 14.2 Å². The number of hydrogen-bond acceptors (Lipinski definition) is 2. The summed E-state index contributed by atoms with van der Waals surface area (Å²) in [5.74, 6) is 1.78. The summed E-state index contributed by atoms with van der Waals surface area (Å²) >= 11 is 0. The lowest BCUT2D eigenvalue weighted by Gasteiger charge is -2.47. The summed E-state index contributed by atoms with van der Waals surface area (Å²) in [5, 5.41) is 3.89. The molecule has 0 N–H and O–H groups in total. The lowest BCUT2D eigenvalue weighted by molar-refractivity contribution is 0.415. The zero-order chi connectivity index (χ0) is 22.9. The average molecular weight is 441 g/mol. The minimum absolute atomic E-state index is 0.152. The predicted molar refractivity (Wildman–Crippen MR) is 138 cm³/mol. The molecular formula is C29H32O2Si. The Labute approximate surface area is 193 Å². The highest BCUT2D eigenvalue weighted by atomic mass is 28.3. The molecule has 1 unspecified atom stereocenters. The van der Waals surface area contributed by atoms with Crippen LogP contribution in [0.25, 0.3) is 0 Å². The monoisotopic (exact) mass is 440 g/mol. The number of ether oxygens (including phenoxy) is 2. The van der Waals surface area contributed by atoms with Crippen LogP contribution in [0.2, 0.25) is 5.04 Å². The van der Waals surface area contributed by atoms with E-state index >= 15 is 0 Å². The lowest BCUT2D eigenvalue weighted by Crippen LogP contribution is -2.73. The Hall–Kier alpha value is -3.04. The maximum atomic E-state index is 5.70. The van der Waals surface area contributed by atoms with Crippen LogP contribution in [0.3, 0.4) is 0 Å². The Kier molecular flexibility index (Phi) is 5.87. The molecule has 1 aliphatic rings. The fourth-order valence-corrected chi connectivity index (χ4v) is 11.6. The fraction of sp³-hybridized carbons (Fsp3) is 0.241. The summed E-state index contributed by atoms with van der Waals surface area (Å²) in [4.78, 5) is 0. The van der Waals surface area contributed by atoms with Crippen LogP contribution in [0.5, 0.6) is 11.5 Å². The van der Waals surface area contributed by atoms with E-state index < -0.39 is 8.07 Å². The molecule has 0 fully saturated rings. The van der Waals surface area contributed by atoms with Gasteiger partial charge in [-0.05, 0) is 66.2 Å². The second kappa shape index (κ2) is 8.48. The highest BCUT2D eigenvalue weighted by Gasteiger charge is 2.56. The number of methoxy groups -OCH3 is 2. The molecule has 0 bridgehead atoms. The largest absolute Gasteiger partial charge is 0.497 e. The van der Waals surface area contributed by atoms with Crippen molar-refractivity contribution in [2.45, 2.75) is 32.7 Å². The quantitative estimate of drug-likeness (QED) is 0.386. The van der Waals surface area contributed by atoms with Gasteiger partial charge in [-0.25, -0.2) is 0 Å². The molecule has 3 aromatic carbocycles. The highest BCUT2D eigenvalue weighted by Crippen LogP contribution is 2.52. The minimum atomic E-state index is -2.65. The topological polar surface area (TPSA) is 18.5 Å². The highest BCUT2D eigenvalue weighted by molar-refractivity contribution is 7.14. The molecule has 4 rings (SSSR count). The first-order chi connectivity index (χ1) is 15.4. The molecule has 164 valence electrons. The van der Waals surface area contributed by atoms with Crippen molar-refractivity contribution in [1.29, 1.82) is 0 Å². The Morgan fingerprint density at radius 3 is 1.59 bits per heavy atom. The Balaban J connectivity index is 2.20.